The van der Waals surface area contributed by atoms with Crippen LogP contribution in [0, 0.1) is 6.92 Å². The molecule has 0 aliphatic rings. The lowest BCUT2D eigenvalue weighted by atomic mass is 10.2. The Bertz CT molecular complexity index is 566. The minimum atomic E-state index is -1.13. The van der Waals surface area contributed by atoms with E-state index in [1.165, 1.54) is 0 Å². The number of anilines is 2. The lowest BCUT2D eigenvalue weighted by Crippen LogP contribution is -1.98. The van der Waals surface area contributed by atoms with Crippen LogP contribution in [-0.4, -0.2) is 16.1 Å². The zero-order valence-electron chi connectivity index (χ0n) is 8.90. The van der Waals surface area contributed by atoms with E-state index in [1.54, 1.807) is 18.2 Å². The van der Waals surface area contributed by atoms with Crippen molar-refractivity contribution in [2.45, 2.75) is 6.92 Å². The van der Waals surface area contributed by atoms with Crippen molar-refractivity contribution in [3.05, 3.63) is 40.7 Å². The Morgan fingerprint density at radius 1 is 1.53 bits per heavy atom. The summed E-state index contributed by atoms with van der Waals surface area (Å²) in [5.74, 6) is -1.13. The Morgan fingerprint density at radius 2 is 2.29 bits per heavy atom. The molecule has 0 fully saturated rings. The van der Waals surface area contributed by atoms with Gasteiger partial charge in [0.1, 0.15) is 6.26 Å². The number of carboxylic acids is 1. The van der Waals surface area contributed by atoms with Crippen molar-refractivity contribution in [3.63, 3.8) is 0 Å². The second kappa shape index (κ2) is 4.47. The number of aromatic carboxylic acids is 1. The molecule has 0 bridgehead atoms. The molecular formula is C11H9ClN2O3. The van der Waals surface area contributed by atoms with Gasteiger partial charge in [0.25, 0.3) is 6.01 Å². The summed E-state index contributed by atoms with van der Waals surface area (Å²) in [7, 11) is 0. The number of halogens is 1. The van der Waals surface area contributed by atoms with Gasteiger partial charge in [-0.3, -0.25) is 0 Å². The molecule has 2 N–H and O–H groups in total. The molecule has 5 nitrogen and oxygen atoms in total. The number of nitrogens with one attached hydrogen (secondary N) is 1. The first-order valence-electron chi connectivity index (χ1n) is 4.79. The summed E-state index contributed by atoms with van der Waals surface area (Å²) in [6.45, 7) is 1.84. The van der Waals surface area contributed by atoms with Crippen LogP contribution in [0.15, 0.2) is 28.9 Å². The monoisotopic (exact) mass is 252 g/mol. The summed E-state index contributed by atoms with van der Waals surface area (Å²) >= 11 is 5.95. The lowest BCUT2D eigenvalue weighted by molar-refractivity contribution is 0.0690. The molecule has 1 aromatic heterocycles. The standard InChI is InChI=1S/C11H9ClN2O3/c1-6-7(12)3-2-4-8(6)13-11-14-9(5-17-11)10(15)16/h2-5H,1H3,(H,13,14)(H,15,16). The zero-order chi connectivity index (χ0) is 12.4. The summed E-state index contributed by atoms with van der Waals surface area (Å²) in [5, 5.41) is 12.2. The van der Waals surface area contributed by atoms with Crippen LogP contribution in [0.5, 0.6) is 0 Å². The highest BCUT2D eigenvalue weighted by molar-refractivity contribution is 6.31. The first-order valence-corrected chi connectivity index (χ1v) is 5.16. The van der Waals surface area contributed by atoms with Gasteiger partial charge in [0.2, 0.25) is 0 Å². The molecule has 0 radical (unpaired) electrons. The van der Waals surface area contributed by atoms with Gasteiger partial charge in [-0.05, 0) is 24.6 Å². The quantitative estimate of drug-likeness (QED) is 0.878. The van der Waals surface area contributed by atoms with Gasteiger partial charge in [0, 0.05) is 10.7 Å². The van der Waals surface area contributed by atoms with Crippen LogP contribution in [0.1, 0.15) is 16.1 Å². The first kappa shape index (κ1) is 11.5. The third-order valence-electron chi connectivity index (χ3n) is 2.23. The normalized spacial score (nSPS) is 10.2. The van der Waals surface area contributed by atoms with Crippen molar-refractivity contribution in [3.8, 4) is 0 Å². The molecule has 0 saturated heterocycles. The van der Waals surface area contributed by atoms with E-state index in [9.17, 15) is 4.79 Å². The van der Waals surface area contributed by atoms with Crippen molar-refractivity contribution in [1.82, 2.24) is 4.98 Å². The van der Waals surface area contributed by atoms with E-state index in [2.05, 4.69) is 10.3 Å². The highest BCUT2D eigenvalue weighted by Crippen LogP contribution is 2.25. The Kier molecular flexibility index (Phi) is 3.01. The fraction of sp³-hybridized carbons (Fsp3) is 0.0909. The van der Waals surface area contributed by atoms with Crippen LogP contribution in [0.25, 0.3) is 0 Å². The molecule has 0 amide bonds. The third kappa shape index (κ3) is 2.39. The van der Waals surface area contributed by atoms with E-state index in [-0.39, 0.29) is 11.7 Å². The smallest absolute Gasteiger partial charge is 0.357 e. The second-order valence-corrected chi connectivity index (χ2v) is 3.79. The van der Waals surface area contributed by atoms with Crippen LogP contribution in [0.4, 0.5) is 11.7 Å². The van der Waals surface area contributed by atoms with Crippen molar-refractivity contribution in [2.75, 3.05) is 5.32 Å². The largest absolute Gasteiger partial charge is 0.476 e. The van der Waals surface area contributed by atoms with Gasteiger partial charge in [-0.1, -0.05) is 17.7 Å². The van der Waals surface area contributed by atoms with Crippen molar-refractivity contribution >= 4 is 29.3 Å². The van der Waals surface area contributed by atoms with E-state index in [0.717, 1.165) is 17.5 Å². The highest BCUT2D eigenvalue weighted by atomic mass is 35.5. The summed E-state index contributed by atoms with van der Waals surface area (Å²) < 4.78 is 4.98. The van der Waals surface area contributed by atoms with E-state index in [0.29, 0.717) is 5.02 Å². The molecular weight excluding hydrogens is 244 g/mol. The van der Waals surface area contributed by atoms with E-state index in [4.69, 9.17) is 21.1 Å². The number of nitrogens with zero attached hydrogens (tertiary/aromatic N) is 1. The lowest BCUT2D eigenvalue weighted by Gasteiger charge is -2.06. The number of benzene rings is 1. The van der Waals surface area contributed by atoms with Crippen LogP contribution >= 0.6 is 11.6 Å². The van der Waals surface area contributed by atoms with Crippen LogP contribution < -0.4 is 5.32 Å². The summed E-state index contributed by atoms with van der Waals surface area (Å²) in [6, 6.07) is 5.46. The number of oxazole rings is 1. The van der Waals surface area contributed by atoms with Crippen molar-refractivity contribution < 1.29 is 14.3 Å². The number of carboxylic acid groups (broad SMARTS) is 1. The van der Waals surface area contributed by atoms with Crippen LogP contribution in [-0.2, 0) is 0 Å². The molecule has 0 aliphatic heterocycles. The molecule has 0 saturated carbocycles. The van der Waals surface area contributed by atoms with Gasteiger partial charge in [-0.15, -0.1) is 0 Å². The molecule has 2 rings (SSSR count). The second-order valence-electron chi connectivity index (χ2n) is 3.38. The Hall–Kier alpha value is -2.01. The molecule has 0 unspecified atom stereocenters. The predicted octanol–water partition coefficient (Wildman–Crippen LogP) is 3.08. The van der Waals surface area contributed by atoms with Crippen molar-refractivity contribution in [1.29, 1.82) is 0 Å². The number of aromatic nitrogens is 1. The Labute approximate surface area is 102 Å². The minimum absolute atomic E-state index is 0.118. The van der Waals surface area contributed by atoms with Gasteiger partial charge in [-0.25, -0.2) is 4.79 Å². The van der Waals surface area contributed by atoms with E-state index >= 15 is 0 Å². The predicted molar refractivity (Wildman–Crippen MR) is 62.9 cm³/mol. The highest BCUT2D eigenvalue weighted by Gasteiger charge is 2.11. The third-order valence-corrected chi connectivity index (χ3v) is 2.64. The molecule has 2 aromatic rings. The molecule has 0 atom stereocenters. The van der Waals surface area contributed by atoms with Gasteiger partial charge < -0.3 is 14.8 Å². The maximum atomic E-state index is 10.6. The van der Waals surface area contributed by atoms with Gasteiger partial charge >= 0.3 is 5.97 Å². The number of carbonyl (C=O) groups is 1. The Balaban J connectivity index is 2.25. The zero-order valence-corrected chi connectivity index (χ0v) is 9.65. The molecule has 0 spiro atoms. The van der Waals surface area contributed by atoms with Gasteiger partial charge in [0.05, 0.1) is 0 Å². The van der Waals surface area contributed by atoms with E-state index < -0.39 is 5.97 Å². The maximum absolute atomic E-state index is 10.6. The van der Waals surface area contributed by atoms with Gasteiger partial charge in [-0.2, -0.15) is 4.98 Å². The first-order chi connectivity index (χ1) is 8.08. The van der Waals surface area contributed by atoms with Gasteiger partial charge in [0.15, 0.2) is 5.69 Å². The average Bonchev–Trinajstić information content (AvgIpc) is 2.73. The minimum Gasteiger partial charge on any atom is -0.476 e. The molecule has 6 heteroatoms. The summed E-state index contributed by atoms with van der Waals surface area (Å²) in [4.78, 5) is 14.4. The average molecular weight is 253 g/mol. The fourth-order valence-corrected chi connectivity index (χ4v) is 1.46. The molecule has 17 heavy (non-hydrogen) atoms. The Morgan fingerprint density at radius 3 is 2.94 bits per heavy atom. The van der Waals surface area contributed by atoms with Crippen LogP contribution in [0.2, 0.25) is 5.02 Å². The maximum Gasteiger partial charge on any atom is 0.357 e. The number of rotatable bonds is 3. The SMILES string of the molecule is Cc1c(Cl)cccc1Nc1nc(C(=O)O)co1. The van der Waals surface area contributed by atoms with E-state index in [1.807, 2.05) is 6.92 Å². The topological polar surface area (TPSA) is 75.4 Å². The summed E-state index contributed by atoms with van der Waals surface area (Å²) in [5.41, 5.74) is 1.41. The van der Waals surface area contributed by atoms with Crippen molar-refractivity contribution in [2.24, 2.45) is 0 Å². The van der Waals surface area contributed by atoms with Crippen LogP contribution in [0.3, 0.4) is 0 Å². The molecule has 88 valence electrons. The molecule has 1 heterocycles. The molecule has 0 aliphatic carbocycles. The number of hydrogen-bond donors (Lipinski definition) is 2. The fourth-order valence-electron chi connectivity index (χ4n) is 1.29. The summed E-state index contributed by atoms with van der Waals surface area (Å²) in [6.07, 6.45) is 1.07. The molecule has 1 aromatic carbocycles. The number of hydrogen-bond acceptors (Lipinski definition) is 4.